The molecule has 162 valence electrons. The van der Waals surface area contributed by atoms with Crippen molar-refractivity contribution in [3.8, 4) is 0 Å². The molecule has 0 saturated carbocycles. The topological polar surface area (TPSA) is 32.8 Å². The average molecular weight is 417 g/mol. The second-order valence-electron chi connectivity index (χ2n) is 9.03. The van der Waals surface area contributed by atoms with Gasteiger partial charge in [-0.05, 0) is 70.0 Å². The van der Waals surface area contributed by atoms with E-state index in [4.69, 9.17) is 4.74 Å². The van der Waals surface area contributed by atoms with Gasteiger partial charge in [0.1, 0.15) is 17.2 Å². The number of rotatable bonds is 3. The lowest BCUT2D eigenvalue weighted by Crippen LogP contribution is -2.59. The van der Waals surface area contributed by atoms with Gasteiger partial charge in [-0.3, -0.25) is 4.90 Å². The number of nitrogens with zero attached hydrogens (tertiary/aromatic N) is 2. The van der Waals surface area contributed by atoms with Crippen LogP contribution < -0.4 is 0 Å². The Morgan fingerprint density at radius 2 is 1.37 bits per heavy atom. The molecule has 30 heavy (non-hydrogen) atoms. The Hall–Kier alpha value is -2.47. The highest BCUT2D eigenvalue weighted by Gasteiger charge is 2.38. The molecule has 2 atom stereocenters. The van der Waals surface area contributed by atoms with Gasteiger partial charge in [-0.25, -0.2) is 13.6 Å². The van der Waals surface area contributed by atoms with E-state index in [1.54, 1.807) is 29.2 Å². The van der Waals surface area contributed by atoms with E-state index in [2.05, 4.69) is 11.8 Å². The SMILES string of the molecule is CC1CN(C(=O)OC(C)(C)C)[C@@H](C)CN1C(c1ccc(F)cc1)c1ccc(F)cc1. The molecule has 6 heteroatoms. The average Bonchev–Trinajstić information content (AvgIpc) is 2.66. The monoisotopic (exact) mass is 416 g/mol. The van der Waals surface area contributed by atoms with Crippen LogP contribution >= 0.6 is 0 Å². The van der Waals surface area contributed by atoms with E-state index < -0.39 is 5.60 Å². The first-order valence-corrected chi connectivity index (χ1v) is 10.3. The van der Waals surface area contributed by atoms with E-state index in [0.29, 0.717) is 13.1 Å². The molecule has 4 nitrogen and oxygen atoms in total. The van der Waals surface area contributed by atoms with Gasteiger partial charge >= 0.3 is 6.09 Å². The van der Waals surface area contributed by atoms with E-state index in [9.17, 15) is 13.6 Å². The maximum Gasteiger partial charge on any atom is 0.410 e. The summed E-state index contributed by atoms with van der Waals surface area (Å²) in [5.41, 5.74) is 1.29. The molecule has 0 radical (unpaired) electrons. The van der Waals surface area contributed by atoms with E-state index in [0.717, 1.165) is 11.1 Å². The second-order valence-corrected chi connectivity index (χ2v) is 9.03. The molecule has 1 aliphatic rings. The van der Waals surface area contributed by atoms with Gasteiger partial charge in [0, 0.05) is 25.2 Å². The summed E-state index contributed by atoms with van der Waals surface area (Å²) in [6.45, 7) is 10.7. The van der Waals surface area contributed by atoms with Gasteiger partial charge in [-0.15, -0.1) is 0 Å². The summed E-state index contributed by atoms with van der Waals surface area (Å²) >= 11 is 0. The van der Waals surface area contributed by atoms with Crippen LogP contribution in [0.4, 0.5) is 13.6 Å². The van der Waals surface area contributed by atoms with Crippen molar-refractivity contribution in [2.45, 2.75) is 58.3 Å². The minimum Gasteiger partial charge on any atom is -0.444 e. The van der Waals surface area contributed by atoms with Crippen molar-refractivity contribution in [2.24, 2.45) is 0 Å². The van der Waals surface area contributed by atoms with Gasteiger partial charge in [0.2, 0.25) is 0 Å². The molecule has 0 N–H and O–H groups in total. The van der Waals surface area contributed by atoms with Crippen LogP contribution in [0.1, 0.15) is 51.8 Å². The second kappa shape index (κ2) is 8.72. The van der Waals surface area contributed by atoms with Gasteiger partial charge in [0.05, 0.1) is 6.04 Å². The third-order valence-corrected chi connectivity index (χ3v) is 5.37. The highest BCUT2D eigenvalue weighted by Crippen LogP contribution is 2.34. The van der Waals surface area contributed by atoms with Crippen LogP contribution in [0, 0.1) is 11.6 Å². The Labute approximate surface area is 177 Å². The van der Waals surface area contributed by atoms with Crippen LogP contribution in [0.25, 0.3) is 0 Å². The van der Waals surface area contributed by atoms with Crippen LogP contribution in [-0.4, -0.2) is 46.7 Å². The molecule has 0 spiro atoms. The Morgan fingerprint density at radius 1 is 0.900 bits per heavy atom. The molecular weight excluding hydrogens is 386 g/mol. The van der Waals surface area contributed by atoms with Crippen molar-refractivity contribution in [1.82, 2.24) is 9.80 Å². The molecule has 0 aliphatic carbocycles. The zero-order valence-corrected chi connectivity index (χ0v) is 18.2. The first-order valence-electron chi connectivity index (χ1n) is 10.3. The maximum absolute atomic E-state index is 13.5. The number of carbonyl (C=O) groups is 1. The normalized spacial score (nSPS) is 20.5. The zero-order valence-electron chi connectivity index (χ0n) is 18.2. The summed E-state index contributed by atoms with van der Waals surface area (Å²) in [7, 11) is 0. The molecule has 1 unspecified atom stereocenters. The van der Waals surface area contributed by atoms with Crippen LogP contribution in [0.2, 0.25) is 0 Å². The predicted molar refractivity (Wildman–Crippen MR) is 113 cm³/mol. The van der Waals surface area contributed by atoms with Crippen LogP contribution in [0.5, 0.6) is 0 Å². The van der Waals surface area contributed by atoms with Crippen LogP contribution in [0.3, 0.4) is 0 Å². The molecular formula is C24H30F2N2O2. The van der Waals surface area contributed by atoms with Crippen molar-refractivity contribution in [2.75, 3.05) is 13.1 Å². The predicted octanol–water partition coefficient (Wildman–Crippen LogP) is 5.38. The number of ether oxygens (including phenoxy) is 1. The third-order valence-electron chi connectivity index (χ3n) is 5.37. The quantitative estimate of drug-likeness (QED) is 0.673. The fourth-order valence-corrected chi connectivity index (χ4v) is 3.95. The minimum absolute atomic E-state index is 0.0221. The first kappa shape index (κ1) is 22.2. The Balaban J connectivity index is 1.90. The number of carbonyl (C=O) groups excluding carboxylic acids is 1. The first-order chi connectivity index (χ1) is 14.0. The fourth-order valence-electron chi connectivity index (χ4n) is 3.95. The molecule has 1 amide bonds. The Morgan fingerprint density at radius 3 is 1.80 bits per heavy atom. The minimum atomic E-state index is -0.554. The summed E-state index contributed by atoms with van der Waals surface area (Å²) in [6.07, 6.45) is -0.318. The number of piperazine rings is 1. The third kappa shape index (κ3) is 5.17. The smallest absolute Gasteiger partial charge is 0.410 e. The summed E-state index contributed by atoms with van der Waals surface area (Å²) < 4.78 is 32.7. The molecule has 1 saturated heterocycles. The number of hydrogen-bond acceptors (Lipinski definition) is 3. The summed E-state index contributed by atoms with van der Waals surface area (Å²) in [6, 6.07) is 12.6. The maximum atomic E-state index is 13.5. The largest absolute Gasteiger partial charge is 0.444 e. The summed E-state index contributed by atoms with van der Waals surface area (Å²) in [4.78, 5) is 16.7. The lowest BCUT2D eigenvalue weighted by molar-refractivity contribution is -0.0163. The van der Waals surface area contributed by atoms with E-state index in [1.807, 2.05) is 27.7 Å². The summed E-state index contributed by atoms with van der Waals surface area (Å²) in [5, 5.41) is 0. The van der Waals surface area contributed by atoms with Crippen LogP contribution in [-0.2, 0) is 4.74 Å². The van der Waals surface area contributed by atoms with Gasteiger partial charge in [0.25, 0.3) is 0 Å². The fraction of sp³-hybridized carbons (Fsp3) is 0.458. The molecule has 0 aromatic heterocycles. The number of amides is 1. The van der Waals surface area contributed by atoms with Crippen molar-refractivity contribution in [3.05, 3.63) is 71.3 Å². The number of benzene rings is 2. The molecule has 3 rings (SSSR count). The number of halogens is 2. The molecule has 1 heterocycles. The molecule has 1 aliphatic heterocycles. The van der Waals surface area contributed by atoms with Gasteiger partial charge in [-0.1, -0.05) is 24.3 Å². The lowest BCUT2D eigenvalue weighted by atomic mass is 9.93. The van der Waals surface area contributed by atoms with Crippen LogP contribution in [0.15, 0.2) is 48.5 Å². The molecule has 1 fully saturated rings. The summed E-state index contributed by atoms with van der Waals surface area (Å²) in [5.74, 6) is -0.597. The van der Waals surface area contributed by atoms with Crippen molar-refractivity contribution in [3.63, 3.8) is 0 Å². The molecule has 2 aromatic carbocycles. The zero-order chi connectivity index (χ0) is 22.1. The van der Waals surface area contributed by atoms with E-state index in [-0.39, 0.29) is 35.9 Å². The van der Waals surface area contributed by atoms with Gasteiger partial charge in [0.15, 0.2) is 0 Å². The van der Waals surface area contributed by atoms with Crippen molar-refractivity contribution >= 4 is 6.09 Å². The molecule has 0 bridgehead atoms. The Kier molecular flexibility index (Phi) is 6.46. The van der Waals surface area contributed by atoms with E-state index in [1.165, 1.54) is 24.3 Å². The van der Waals surface area contributed by atoms with Gasteiger partial charge in [-0.2, -0.15) is 0 Å². The van der Waals surface area contributed by atoms with E-state index >= 15 is 0 Å². The highest BCUT2D eigenvalue weighted by molar-refractivity contribution is 5.68. The number of hydrogen-bond donors (Lipinski definition) is 0. The standard InChI is InChI=1S/C24H30F2N2O2/c1-16-15-28(23(29)30-24(3,4)5)17(2)14-27(16)22(18-6-10-20(25)11-7-18)19-8-12-21(26)13-9-19/h6-13,16-17,22H,14-15H2,1-5H3/t16?,17-/m0/s1. The van der Waals surface area contributed by atoms with Gasteiger partial charge < -0.3 is 9.64 Å². The highest BCUT2D eigenvalue weighted by atomic mass is 19.1. The van der Waals surface area contributed by atoms with Crippen molar-refractivity contribution < 1.29 is 18.3 Å². The Bertz CT molecular complexity index is 817. The van der Waals surface area contributed by atoms with Crippen molar-refractivity contribution in [1.29, 1.82) is 0 Å². The molecule has 2 aromatic rings. The lowest BCUT2D eigenvalue weighted by Gasteiger charge is -2.47.